The molecule has 1 aromatic heterocycles. The highest BCUT2D eigenvalue weighted by atomic mass is 35.5. The number of nitrogens with zero attached hydrogens (tertiary/aromatic N) is 1. The molecule has 0 aliphatic rings. The first-order valence-corrected chi connectivity index (χ1v) is 6.52. The summed E-state index contributed by atoms with van der Waals surface area (Å²) in [4.78, 5) is 15.9. The Labute approximate surface area is 122 Å². The summed E-state index contributed by atoms with van der Waals surface area (Å²) in [6, 6.07) is 10.3. The Balaban J connectivity index is 1.74. The fraction of sp³-hybridized carbons (Fsp3) is 0.143. The Morgan fingerprint density at radius 2 is 1.90 bits per heavy atom. The van der Waals surface area contributed by atoms with Crippen LogP contribution in [-0.4, -0.2) is 24.0 Å². The van der Waals surface area contributed by atoms with Gasteiger partial charge >= 0.3 is 0 Å². The van der Waals surface area contributed by atoms with Gasteiger partial charge in [-0.15, -0.1) is 0 Å². The molecule has 6 heteroatoms. The molecule has 1 heterocycles. The third-order valence-corrected chi connectivity index (χ3v) is 2.86. The van der Waals surface area contributed by atoms with Crippen molar-refractivity contribution in [1.29, 1.82) is 0 Å². The second-order valence-corrected chi connectivity index (χ2v) is 4.60. The van der Waals surface area contributed by atoms with Gasteiger partial charge in [0.1, 0.15) is 5.82 Å². The minimum atomic E-state index is -0.131. The molecule has 1 aromatic carbocycles. The molecule has 1 amide bonds. The molecule has 0 atom stereocenters. The monoisotopic (exact) mass is 290 g/mol. The maximum absolute atomic E-state index is 11.8. The van der Waals surface area contributed by atoms with Crippen LogP contribution in [0.25, 0.3) is 0 Å². The van der Waals surface area contributed by atoms with E-state index in [1.165, 1.54) is 0 Å². The van der Waals surface area contributed by atoms with Crippen LogP contribution in [0, 0.1) is 0 Å². The first-order valence-electron chi connectivity index (χ1n) is 6.14. The quantitative estimate of drug-likeness (QED) is 0.737. The lowest BCUT2D eigenvalue weighted by molar-refractivity contribution is 0.0955. The minimum absolute atomic E-state index is 0.131. The van der Waals surface area contributed by atoms with E-state index in [2.05, 4.69) is 15.6 Å². The predicted molar refractivity (Wildman–Crippen MR) is 80.9 cm³/mol. The Kier molecular flexibility index (Phi) is 4.79. The van der Waals surface area contributed by atoms with E-state index in [1.54, 1.807) is 42.6 Å². The van der Waals surface area contributed by atoms with Crippen LogP contribution in [0.1, 0.15) is 10.4 Å². The van der Waals surface area contributed by atoms with Gasteiger partial charge in [0.2, 0.25) is 0 Å². The van der Waals surface area contributed by atoms with Gasteiger partial charge in [0.25, 0.3) is 5.91 Å². The van der Waals surface area contributed by atoms with Crippen molar-refractivity contribution in [3.8, 4) is 0 Å². The predicted octanol–water partition coefficient (Wildman–Crippen LogP) is 2.16. The number of amides is 1. The van der Waals surface area contributed by atoms with Gasteiger partial charge in [-0.05, 0) is 36.4 Å². The molecule has 0 saturated carbocycles. The van der Waals surface area contributed by atoms with Gasteiger partial charge in [-0.3, -0.25) is 4.79 Å². The zero-order valence-corrected chi connectivity index (χ0v) is 11.5. The van der Waals surface area contributed by atoms with Gasteiger partial charge in [-0.25, -0.2) is 4.98 Å². The summed E-state index contributed by atoms with van der Waals surface area (Å²) in [7, 11) is 0. The molecule has 0 aliphatic carbocycles. The molecule has 104 valence electrons. The van der Waals surface area contributed by atoms with Gasteiger partial charge in [-0.1, -0.05) is 11.6 Å². The Morgan fingerprint density at radius 1 is 1.15 bits per heavy atom. The SMILES string of the molecule is Nc1ccc(NCCNC(=O)c2ccc(Cl)cc2)nc1. The summed E-state index contributed by atoms with van der Waals surface area (Å²) in [5.74, 6) is 0.591. The highest BCUT2D eigenvalue weighted by molar-refractivity contribution is 6.30. The largest absolute Gasteiger partial charge is 0.397 e. The second-order valence-electron chi connectivity index (χ2n) is 4.17. The number of nitrogen functional groups attached to an aromatic ring is 1. The van der Waals surface area contributed by atoms with E-state index in [-0.39, 0.29) is 5.91 Å². The smallest absolute Gasteiger partial charge is 0.251 e. The van der Waals surface area contributed by atoms with E-state index in [1.807, 2.05) is 0 Å². The average Bonchev–Trinajstić information content (AvgIpc) is 2.46. The van der Waals surface area contributed by atoms with E-state index < -0.39 is 0 Å². The van der Waals surface area contributed by atoms with Gasteiger partial charge in [0, 0.05) is 23.7 Å². The third-order valence-electron chi connectivity index (χ3n) is 2.61. The Morgan fingerprint density at radius 3 is 2.55 bits per heavy atom. The zero-order chi connectivity index (χ0) is 14.4. The second kappa shape index (κ2) is 6.77. The molecule has 0 radical (unpaired) electrons. The summed E-state index contributed by atoms with van der Waals surface area (Å²) < 4.78 is 0. The standard InChI is InChI=1S/C14H15ClN4O/c15-11-3-1-10(2-4-11)14(20)18-8-7-17-13-6-5-12(16)9-19-13/h1-6,9H,7-8,16H2,(H,17,19)(H,18,20). The summed E-state index contributed by atoms with van der Waals surface area (Å²) in [6.07, 6.45) is 1.58. The van der Waals surface area contributed by atoms with E-state index >= 15 is 0 Å². The first kappa shape index (κ1) is 14.1. The molecular weight excluding hydrogens is 276 g/mol. The van der Waals surface area contributed by atoms with Gasteiger partial charge in [0.15, 0.2) is 0 Å². The molecule has 0 aliphatic heterocycles. The molecule has 20 heavy (non-hydrogen) atoms. The molecule has 0 saturated heterocycles. The summed E-state index contributed by atoms with van der Waals surface area (Å²) in [5.41, 5.74) is 6.74. The Bertz CT molecular complexity index is 569. The van der Waals surface area contributed by atoms with Gasteiger partial charge < -0.3 is 16.4 Å². The lowest BCUT2D eigenvalue weighted by atomic mass is 10.2. The van der Waals surface area contributed by atoms with Crippen LogP contribution in [0.5, 0.6) is 0 Å². The number of rotatable bonds is 5. The third kappa shape index (κ3) is 4.13. The maximum atomic E-state index is 11.8. The molecule has 0 bridgehead atoms. The lowest BCUT2D eigenvalue weighted by Gasteiger charge is -2.07. The van der Waals surface area contributed by atoms with E-state index in [4.69, 9.17) is 17.3 Å². The highest BCUT2D eigenvalue weighted by Crippen LogP contribution is 2.09. The van der Waals surface area contributed by atoms with Crippen molar-refractivity contribution >= 4 is 29.0 Å². The Hall–Kier alpha value is -2.27. The van der Waals surface area contributed by atoms with E-state index in [0.29, 0.717) is 29.4 Å². The number of halogens is 1. The van der Waals surface area contributed by atoms with Crippen molar-refractivity contribution in [2.24, 2.45) is 0 Å². The molecule has 0 spiro atoms. The number of carbonyl (C=O) groups is 1. The summed E-state index contributed by atoms with van der Waals surface area (Å²) >= 11 is 5.76. The van der Waals surface area contributed by atoms with Crippen LogP contribution in [0.4, 0.5) is 11.5 Å². The minimum Gasteiger partial charge on any atom is -0.397 e. The number of benzene rings is 1. The van der Waals surface area contributed by atoms with Gasteiger partial charge in [-0.2, -0.15) is 0 Å². The number of hydrogen-bond donors (Lipinski definition) is 3. The number of nitrogens with two attached hydrogens (primary N) is 1. The van der Waals surface area contributed by atoms with Crippen molar-refractivity contribution in [1.82, 2.24) is 10.3 Å². The molecule has 2 aromatic rings. The molecule has 5 nitrogen and oxygen atoms in total. The fourth-order valence-electron chi connectivity index (χ4n) is 1.58. The first-order chi connectivity index (χ1) is 9.65. The van der Waals surface area contributed by atoms with E-state index in [0.717, 1.165) is 5.82 Å². The van der Waals surface area contributed by atoms with Crippen LogP contribution in [0.3, 0.4) is 0 Å². The molecule has 4 N–H and O–H groups in total. The zero-order valence-electron chi connectivity index (χ0n) is 10.8. The van der Waals surface area contributed by atoms with Crippen molar-refractivity contribution in [2.75, 3.05) is 24.1 Å². The van der Waals surface area contributed by atoms with Gasteiger partial charge in [0.05, 0.1) is 11.9 Å². The number of aromatic nitrogens is 1. The van der Waals surface area contributed by atoms with E-state index in [9.17, 15) is 4.79 Å². The van der Waals surface area contributed by atoms with Crippen LogP contribution < -0.4 is 16.4 Å². The normalized spacial score (nSPS) is 10.1. The number of hydrogen-bond acceptors (Lipinski definition) is 4. The van der Waals surface area contributed by atoms with Crippen LogP contribution in [0.15, 0.2) is 42.6 Å². The number of anilines is 2. The lowest BCUT2D eigenvalue weighted by Crippen LogP contribution is -2.28. The van der Waals surface area contributed by atoms with Crippen LogP contribution in [0.2, 0.25) is 5.02 Å². The summed E-state index contributed by atoms with van der Waals surface area (Å²) in [6.45, 7) is 1.07. The van der Waals surface area contributed by atoms with Crippen molar-refractivity contribution < 1.29 is 4.79 Å². The number of nitrogens with one attached hydrogen (secondary N) is 2. The summed E-state index contributed by atoms with van der Waals surface area (Å²) in [5, 5.41) is 6.50. The molecular formula is C14H15ClN4O. The van der Waals surface area contributed by atoms with Crippen LogP contribution >= 0.6 is 11.6 Å². The van der Waals surface area contributed by atoms with Crippen molar-refractivity contribution in [2.45, 2.75) is 0 Å². The molecule has 0 fully saturated rings. The topological polar surface area (TPSA) is 80.0 Å². The van der Waals surface area contributed by atoms with Crippen molar-refractivity contribution in [3.63, 3.8) is 0 Å². The average molecular weight is 291 g/mol. The molecule has 2 rings (SSSR count). The fourth-order valence-corrected chi connectivity index (χ4v) is 1.71. The number of pyridine rings is 1. The highest BCUT2D eigenvalue weighted by Gasteiger charge is 2.03. The van der Waals surface area contributed by atoms with Crippen molar-refractivity contribution in [3.05, 3.63) is 53.2 Å². The van der Waals surface area contributed by atoms with Crippen LogP contribution in [-0.2, 0) is 0 Å². The molecule has 0 unspecified atom stereocenters. The number of carbonyl (C=O) groups excluding carboxylic acids is 1. The maximum Gasteiger partial charge on any atom is 0.251 e.